The lowest BCUT2D eigenvalue weighted by molar-refractivity contribution is -0.307. The van der Waals surface area contributed by atoms with E-state index in [0.29, 0.717) is 19.3 Å². The average Bonchev–Trinajstić information content (AvgIpc) is 3.35. The number of carboxylic acids is 2. The standard InChI is InChI=1S/C23H30N2O7.ClH/c1-2-32-23(31)16(12-11-14-7-4-3-5-8-14)24-19(22(29)30)20(26)25-17-10-6-9-15(17)13-18(25)21(27)28;/h3-5,7-8,15-19,24H,2,6,9-13H2,1H3,(H,27,28)(H,29,30);1H/p-1/t15-,16-,17-,18-,19+;/m1./s1. The molecule has 2 aliphatic rings. The Labute approximate surface area is 198 Å². The van der Waals surface area contributed by atoms with E-state index in [1.165, 1.54) is 4.90 Å². The number of hydrogen-bond acceptors (Lipinski definition) is 7. The molecular weight excluding hydrogens is 452 g/mol. The van der Waals surface area contributed by atoms with Gasteiger partial charge in [-0.15, -0.1) is 12.4 Å². The number of carbonyl (C=O) groups excluding carboxylic acids is 3. The zero-order valence-electron chi connectivity index (χ0n) is 18.5. The lowest BCUT2D eigenvalue weighted by Crippen LogP contribution is -2.62. The second-order valence-electron chi connectivity index (χ2n) is 8.34. The van der Waals surface area contributed by atoms with Crippen LogP contribution in [0.2, 0.25) is 0 Å². The van der Waals surface area contributed by atoms with Crippen molar-refractivity contribution in [1.82, 2.24) is 10.2 Å². The molecule has 0 bridgehead atoms. The summed E-state index contributed by atoms with van der Waals surface area (Å²) in [5, 5.41) is 24.1. The quantitative estimate of drug-likeness (QED) is 0.365. The fraction of sp³-hybridized carbons (Fsp3) is 0.565. The number of aryl methyl sites for hydroxylation is 1. The number of aliphatic carboxylic acids is 2. The minimum Gasteiger partial charge on any atom is -0.548 e. The van der Waals surface area contributed by atoms with Gasteiger partial charge in [-0.2, -0.15) is 0 Å². The molecule has 1 saturated carbocycles. The number of likely N-dealkylation sites (tertiary alicyclic amines) is 1. The van der Waals surface area contributed by atoms with E-state index in [0.717, 1.165) is 18.4 Å². The average molecular weight is 482 g/mol. The van der Waals surface area contributed by atoms with Crippen molar-refractivity contribution in [2.45, 2.75) is 69.6 Å². The third-order valence-corrected chi connectivity index (χ3v) is 6.36. The van der Waals surface area contributed by atoms with Gasteiger partial charge in [0.15, 0.2) is 0 Å². The molecular formula is C23H30ClN2O7-. The second kappa shape index (κ2) is 12.0. The van der Waals surface area contributed by atoms with E-state index in [4.69, 9.17) is 4.74 Å². The number of hydrogen-bond donors (Lipinski definition) is 2. The van der Waals surface area contributed by atoms with Crippen molar-refractivity contribution >= 4 is 36.2 Å². The largest absolute Gasteiger partial charge is 0.548 e. The number of fused-ring (bicyclic) bond motifs is 1. The Kier molecular flexibility index (Phi) is 9.67. The molecule has 10 heteroatoms. The van der Waals surface area contributed by atoms with Crippen LogP contribution in [-0.2, 0) is 30.3 Å². The molecule has 1 aliphatic carbocycles. The number of carboxylic acid groups (broad SMARTS) is 2. The Hall–Kier alpha value is -2.65. The normalized spacial score (nSPS) is 23.2. The molecule has 2 fully saturated rings. The third kappa shape index (κ3) is 6.23. The van der Waals surface area contributed by atoms with Crippen LogP contribution < -0.4 is 10.4 Å². The van der Waals surface area contributed by atoms with Gasteiger partial charge in [-0.1, -0.05) is 36.8 Å². The lowest BCUT2D eigenvalue weighted by Gasteiger charge is -2.33. The molecule has 2 N–H and O–H groups in total. The molecule has 5 atom stereocenters. The highest BCUT2D eigenvalue weighted by atomic mass is 35.5. The fourth-order valence-electron chi connectivity index (χ4n) is 4.88. The van der Waals surface area contributed by atoms with Crippen LogP contribution in [0.5, 0.6) is 0 Å². The van der Waals surface area contributed by atoms with Gasteiger partial charge >= 0.3 is 11.9 Å². The van der Waals surface area contributed by atoms with Gasteiger partial charge < -0.3 is 24.6 Å². The van der Waals surface area contributed by atoms with E-state index in [1.807, 2.05) is 30.3 Å². The topological polar surface area (TPSA) is 136 Å². The number of ether oxygens (including phenoxy) is 1. The first-order chi connectivity index (χ1) is 15.3. The number of halogens is 1. The summed E-state index contributed by atoms with van der Waals surface area (Å²) in [5.41, 5.74) is 0.944. The van der Waals surface area contributed by atoms with Crippen LogP contribution in [-0.4, -0.2) is 64.6 Å². The van der Waals surface area contributed by atoms with Crippen LogP contribution in [0.15, 0.2) is 30.3 Å². The minimum atomic E-state index is -1.85. The summed E-state index contributed by atoms with van der Waals surface area (Å²) in [5.74, 6) is -4.36. The fourth-order valence-corrected chi connectivity index (χ4v) is 4.88. The van der Waals surface area contributed by atoms with Crippen molar-refractivity contribution in [2.24, 2.45) is 5.92 Å². The van der Waals surface area contributed by atoms with Crippen molar-refractivity contribution in [3.63, 3.8) is 0 Å². The molecule has 182 valence electrons. The van der Waals surface area contributed by atoms with E-state index in [9.17, 15) is 29.4 Å². The van der Waals surface area contributed by atoms with E-state index < -0.39 is 41.9 Å². The predicted octanol–water partition coefficient (Wildman–Crippen LogP) is 0.535. The van der Waals surface area contributed by atoms with Gasteiger partial charge in [-0.3, -0.25) is 14.9 Å². The Morgan fingerprint density at radius 2 is 1.91 bits per heavy atom. The molecule has 1 aromatic rings. The zero-order valence-corrected chi connectivity index (χ0v) is 19.3. The summed E-state index contributed by atoms with van der Waals surface area (Å²) in [6.45, 7) is 1.73. The van der Waals surface area contributed by atoms with E-state index >= 15 is 0 Å². The maximum atomic E-state index is 13.3. The van der Waals surface area contributed by atoms with E-state index in [2.05, 4.69) is 5.32 Å². The molecule has 0 spiro atoms. The van der Waals surface area contributed by atoms with Crippen molar-refractivity contribution in [2.75, 3.05) is 6.61 Å². The highest BCUT2D eigenvalue weighted by Gasteiger charge is 2.50. The number of carbonyl (C=O) groups is 4. The smallest absolute Gasteiger partial charge is 0.326 e. The number of nitrogens with zero attached hydrogens (tertiary/aromatic N) is 1. The monoisotopic (exact) mass is 481 g/mol. The Morgan fingerprint density at radius 1 is 1.21 bits per heavy atom. The highest BCUT2D eigenvalue weighted by molar-refractivity contribution is 6.02. The molecule has 1 saturated heterocycles. The van der Waals surface area contributed by atoms with Crippen molar-refractivity contribution in [3.8, 4) is 0 Å². The van der Waals surface area contributed by atoms with Crippen LogP contribution in [0.25, 0.3) is 0 Å². The van der Waals surface area contributed by atoms with Gasteiger partial charge in [0.2, 0.25) is 5.91 Å². The number of benzene rings is 1. The molecule has 1 amide bonds. The summed E-state index contributed by atoms with van der Waals surface area (Å²) < 4.78 is 5.07. The molecule has 0 radical (unpaired) electrons. The molecule has 1 aromatic carbocycles. The van der Waals surface area contributed by atoms with Crippen molar-refractivity contribution in [3.05, 3.63) is 35.9 Å². The van der Waals surface area contributed by atoms with E-state index in [-0.39, 0.29) is 37.4 Å². The van der Waals surface area contributed by atoms with Crippen LogP contribution in [0.4, 0.5) is 0 Å². The van der Waals surface area contributed by atoms with Gasteiger partial charge in [0, 0.05) is 6.04 Å². The first-order valence-corrected chi connectivity index (χ1v) is 11.1. The maximum Gasteiger partial charge on any atom is 0.326 e. The number of amides is 1. The van der Waals surface area contributed by atoms with Gasteiger partial charge in [0.25, 0.3) is 0 Å². The SMILES string of the molecule is CCOC(=O)[C@@H](CCc1ccccc1)N[C@H](C(=O)[O-])C(=O)N1[C@@H](C(=O)O)C[C@H]2CCC[C@H]21.Cl. The van der Waals surface area contributed by atoms with Gasteiger partial charge in [0.1, 0.15) is 18.1 Å². The van der Waals surface area contributed by atoms with Crippen molar-refractivity contribution in [1.29, 1.82) is 0 Å². The molecule has 1 heterocycles. The van der Waals surface area contributed by atoms with Crippen LogP contribution in [0.3, 0.4) is 0 Å². The molecule has 9 nitrogen and oxygen atoms in total. The predicted molar refractivity (Wildman–Crippen MR) is 118 cm³/mol. The summed E-state index contributed by atoms with van der Waals surface area (Å²) >= 11 is 0. The zero-order chi connectivity index (χ0) is 23.3. The van der Waals surface area contributed by atoms with Crippen LogP contribution in [0, 0.1) is 5.92 Å². The maximum absolute atomic E-state index is 13.3. The highest BCUT2D eigenvalue weighted by Crippen LogP contribution is 2.41. The van der Waals surface area contributed by atoms with Crippen LogP contribution >= 0.6 is 12.4 Å². The molecule has 1 aliphatic heterocycles. The van der Waals surface area contributed by atoms with E-state index in [1.54, 1.807) is 6.92 Å². The Balaban J connectivity index is 0.00000385. The number of nitrogens with one attached hydrogen (secondary N) is 1. The third-order valence-electron chi connectivity index (χ3n) is 6.36. The molecule has 0 unspecified atom stereocenters. The molecule has 33 heavy (non-hydrogen) atoms. The lowest BCUT2D eigenvalue weighted by atomic mass is 10.0. The summed E-state index contributed by atoms with van der Waals surface area (Å²) in [4.78, 5) is 50.7. The van der Waals surface area contributed by atoms with Crippen molar-refractivity contribution < 1.29 is 34.1 Å². The second-order valence-corrected chi connectivity index (χ2v) is 8.34. The van der Waals surface area contributed by atoms with Crippen LogP contribution in [0.1, 0.15) is 44.6 Å². The number of rotatable bonds is 10. The van der Waals surface area contributed by atoms with Gasteiger partial charge in [0.05, 0.1) is 12.6 Å². The minimum absolute atomic E-state index is 0. The summed E-state index contributed by atoms with van der Waals surface area (Å²) in [6, 6.07) is 5.04. The molecule has 3 rings (SSSR count). The Bertz CT molecular complexity index is 850. The summed E-state index contributed by atoms with van der Waals surface area (Å²) in [6.07, 6.45) is 3.27. The van der Waals surface area contributed by atoms with Gasteiger partial charge in [-0.05, 0) is 50.5 Å². The Morgan fingerprint density at radius 3 is 2.52 bits per heavy atom. The van der Waals surface area contributed by atoms with Gasteiger partial charge in [-0.25, -0.2) is 4.79 Å². The first kappa shape index (κ1) is 26.6. The molecule has 0 aromatic heterocycles. The number of esters is 1. The first-order valence-electron chi connectivity index (χ1n) is 11.1. The summed E-state index contributed by atoms with van der Waals surface area (Å²) in [7, 11) is 0.